The maximum Gasteiger partial charge on any atom is 0.240 e. The van der Waals surface area contributed by atoms with E-state index in [1.165, 1.54) is 0 Å². The molecule has 0 aliphatic carbocycles. The van der Waals surface area contributed by atoms with Crippen molar-refractivity contribution in [1.29, 1.82) is 0 Å². The number of fused-ring (bicyclic) bond motifs is 3. The van der Waals surface area contributed by atoms with Crippen molar-refractivity contribution in [3.63, 3.8) is 0 Å². The molecule has 4 nitrogen and oxygen atoms in total. The van der Waals surface area contributed by atoms with Gasteiger partial charge >= 0.3 is 0 Å². The second-order valence-corrected chi connectivity index (χ2v) is 8.04. The molecule has 3 aliphatic heterocycles. The van der Waals surface area contributed by atoms with Crippen molar-refractivity contribution >= 4 is 21.6 Å². The Hall–Kier alpha value is -0.620. The van der Waals surface area contributed by atoms with E-state index in [2.05, 4.69) is 9.62 Å². The molecule has 2 bridgehead atoms. The smallest absolute Gasteiger partial charge is 0.240 e. The number of piperidine rings is 3. The zero-order valence-electron chi connectivity index (χ0n) is 12.0. The summed E-state index contributed by atoms with van der Waals surface area (Å²) in [5, 5.41) is 0. The largest absolute Gasteiger partial charge is 0.302 e. The lowest BCUT2D eigenvalue weighted by Crippen LogP contribution is -2.57. The molecule has 116 valence electrons. The summed E-state index contributed by atoms with van der Waals surface area (Å²) in [6.45, 7) is 3.06. The van der Waals surface area contributed by atoms with Crippen molar-refractivity contribution in [2.75, 3.05) is 25.5 Å². The lowest BCUT2D eigenvalue weighted by atomic mass is 9.85. The predicted octanol–water partition coefficient (Wildman–Crippen LogP) is 1.84. The minimum Gasteiger partial charge on any atom is -0.302 e. The average Bonchev–Trinajstić information content (AvgIpc) is 2.49. The zero-order chi connectivity index (χ0) is 14.9. The number of rotatable bonds is 5. The summed E-state index contributed by atoms with van der Waals surface area (Å²) < 4.78 is 27.9. The van der Waals surface area contributed by atoms with Gasteiger partial charge in [0.25, 0.3) is 0 Å². The van der Waals surface area contributed by atoms with Crippen molar-refractivity contribution < 1.29 is 8.42 Å². The molecule has 1 aromatic rings. The number of hydrogen-bond acceptors (Lipinski definition) is 3. The predicted molar refractivity (Wildman–Crippen MR) is 84.1 cm³/mol. The topological polar surface area (TPSA) is 49.4 Å². The molecule has 0 spiro atoms. The minimum absolute atomic E-state index is 0.0556. The van der Waals surface area contributed by atoms with Crippen LogP contribution in [0.1, 0.15) is 18.4 Å². The first kappa shape index (κ1) is 15.3. The Morgan fingerprint density at radius 1 is 1.19 bits per heavy atom. The molecule has 3 fully saturated rings. The van der Waals surface area contributed by atoms with Gasteiger partial charge in [0, 0.05) is 18.5 Å². The summed E-state index contributed by atoms with van der Waals surface area (Å²) in [7, 11) is -3.42. The van der Waals surface area contributed by atoms with Gasteiger partial charge in [0.05, 0.1) is 4.90 Å². The highest BCUT2D eigenvalue weighted by molar-refractivity contribution is 7.89. The Kier molecular flexibility index (Phi) is 4.54. The van der Waals surface area contributed by atoms with Crippen LogP contribution in [0.15, 0.2) is 29.2 Å². The van der Waals surface area contributed by atoms with Gasteiger partial charge in [-0.1, -0.05) is 12.1 Å². The Morgan fingerprint density at radius 3 is 2.38 bits per heavy atom. The second kappa shape index (κ2) is 6.24. The number of benzene rings is 1. The fraction of sp³-hybridized carbons (Fsp3) is 0.600. The lowest BCUT2D eigenvalue weighted by molar-refractivity contribution is 0.0827. The van der Waals surface area contributed by atoms with Crippen LogP contribution in [0.2, 0.25) is 0 Å². The molecule has 1 unspecified atom stereocenters. The molecule has 1 aromatic carbocycles. The van der Waals surface area contributed by atoms with Crippen LogP contribution in [0.25, 0.3) is 0 Å². The van der Waals surface area contributed by atoms with E-state index >= 15 is 0 Å². The average molecular weight is 329 g/mol. The summed E-state index contributed by atoms with van der Waals surface area (Å²) in [4.78, 5) is 2.69. The van der Waals surface area contributed by atoms with Crippen LogP contribution in [0.3, 0.4) is 0 Å². The van der Waals surface area contributed by atoms with Gasteiger partial charge in [0.15, 0.2) is 0 Å². The lowest BCUT2D eigenvalue weighted by Gasteiger charge is -2.44. The van der Waals surface area contributed by atoms with Crippen molar-refractivity contribution in [1.82, 2.24) is 9.62 Å². The quantitative estimate of drug-likeness (QED) is 0.839. The molecule has 0 aromatic heterocycles. The van der Waals surface area contributed by atoms with Gasteiger partial charge in [0.1, 0.15) is 0 Å². The van der Waals surface area contributed by atoms with Crippen LogP contribution < -0.4 is 4.72 Å². The Morgan fingerprint density at radius 2 is 1.86 bits per heavy atom. The zero-order valence-corrected chi connectivity index (χ0v) is 13.5. The first-order valence-corrected chi connectivity index (χ1v) is 9.50. The third kappa shape index (κ3) is 3.42. The number of sulfonamides is 1. The summed E-state index contributed by atoms with van der Waals surface area (Å²) in [5.74, 6) is 1.03. The summed E-state index contributed by atoms with van der Waals surface area (Å²) in [5.41, 5.74) is 1.06. The number of aryl methyl sites for hydroxylation is 1. The van der Waals surface area contributed by atoms with Gasteiger partial charge in [-0.2, -0.15) is 0 Å². The summed E-state index contributed by atoms with van der Waals surface area (Å²) in [6, 6.07) is 7.08. The van der Waals surface area contributed by atoms with Gasteiger partial charge in [-0.3, -0.25) is 0 Å². The minimum atomic E-state index is -3.42. The fourth-order valence-electron chi connectivity index (χ4n) is 3.31. The highest BCUT2D eigenvalue weighted by Gasteiger charge is 2.36. The van der Waals surface area contributed by atoms with Gasteiger partial charge in [-0.25, -0.2) is 13.1 Å². The molecular formula is C15H21ClN2O2S. The molecule has 1 N–H and O–H groups in total. The van der Waals surface area contributed by atoms with E-state index in [9.17, 15) is 8.42 Å². The molecule has 3 aliphatic rings. The molecule has 0 radical (unpaired) electrons. The van der Waals surface area contributed by atoms with Gasteiger partial charge in [-0.05, 0) is 56.0 Å². The van der Waals surface area contributed by atoms with E-state index in [0.717, 1.165) is 44.5 Å². The van der Waals surface area contributed by atoms with Crippen molar-refractivity contribution in [2.24, 2.45) is 5.92 Å². The van der Waals surface area contributed by atoms with E-state index < -0.39 is 10.0 Å². The van der Waals surface area contributed by atoms with Crippen molar-refractivity contribution in [2.45, 2.75) is 30.2 Å². The first-order valence-electron chi connectivity index (χ1n) is 7.48. The Bertz CT molecular complexity index is 580. The van der Waals surface area contributed by atoms with Crippen LogP contribution in [-0.2, 0) is 16.4 Å². The number of hydrogen-bond donors (Lipinski definition) is 1. The van der Waals surface area contributed by atoms with Gasteiger partial charge < -0.3 is 4.90 Å². The molecule has 0 saturated carbocycles. The Labute approximate surface area is 131 Å². The van der Waals surface area contributed by atoms with Crippen LogP contribution in [-0.4, -0.2) is 44.9 Å². The maximum atomic E-state index is 12.5. The monoisotopic (exact) mass is 328 g/mol. The molecule has 1 atom stereocenters. The highest BCUT2D eigenvalue weighted by Crippen LogP contribution is 2.28. The third-order valence-corrected chi connectivity index (χ3v) is 6.27. The number of nitrogens with zero attached hydrogens (tertiary/aromatic N) is 1. The molecule has 4 rings (SSSR count). The second-order valence-electron chi connectivity index (χ2n) is 5.95. The van der Waals surface area contributed by atoms with E-state index in [0.29, 0.717) is 16.7 Å². The molecule has 6 heteroatoms. The van der Waals surface area contributed by atoms with Gasteiger partial charge in [-0.15, -0.1) is 11.6 Å². The summed E-state index contributed by atoms with van der Waals surface area (Å²) in [6.07, 6.45) is 2.96. The van der Waals surface area contributed by atoms with E-state index in [1.54, 1.807) is 12.1 Å². The first-order chi connectivity index (χ1) is 10.1. The molecule has 3 heterocycles. The van der Waals surface area contributed by atoms with Crippen molar-refractivity contribution in [3.05, 3.63) is 29.8 Å². The number of nitrogens with one attached hydrogen (secondary N) is 1. The van der Waals surface area contributed by atoms with E-state index in [1.807, 2.05) is 12.1 Å². The fourth-order valence-corrected chi connectivity index (χ4v) is 4.82. The number of alkyl halides is 1. The third-order valence-electron chi connectivity index (χ3n) is 4.58. The molecule has 21 heavy (non-hydrogen) atoms. The van der Waals surface area contributed by atoms with Crippen molar-refractivity contribution in [3.8, 4) is 0 Å². The van der Waals surface area contributed by atoms with E-state index in [4.69, 9.17) is 11.6 Å². The summed E-state index contributed by atoms with van der Waals surface area (Å²) >= 11 is 5.70. The SMILES string of the molecule is O=S(=O)(NC1CN2CCC1CC2)c1ccc(CCCl)cc1. The Balaban J connectivity index is 1.71. The maximum absolute atomic E-state index is 12.5. The molecular weight excluding hydrogens is 308 g/mol. The number of halogens is 1. The normalized spacial score (nSPS) is 28.7. The van der Waals surface area contributed by atoms with Crippen LogP contribution >= 0.6 is 11.6 Å². The van der Waals surface area contributed by atoms with Crippen LogP contribution in [0, 0.1) is 5.92 Å². The standard InChI is InChI=1S/C15H21ClN2O2S/c16-8-5-12-1-3-14(4-2-12)21(19,20)17-15-11-18-9-6-13(15)7-10-18/h1-4,13,15,17H,5-11H2. The van der Waals surface area contributed by atoms with Gasteiger partial charge in [0.2, 0.25) is 10.0 Å². The van der Waals surface area contributed by atoms with E-state index in [-0.39, 0.29) is 6.04 Å². The highest BCUT2D eigenvalue weighted by atomic mass is 35.5. The van der Waals surface area contributed by atoms with Crippen LogP contribution in [0.5, 0.6) is 0 Å². The van der Waals surface area contributed by atoms with Crippen LogP contribution in [0.4, 0.5) is 0 Å². The molecule has 3 saturated heterocycles. The molecule has 0 amide bonds.